The molecule has 2 rings (SSSR count). The number of nitriles is 1. The highest BCUT2D eigenvalue weighted by Gasteiger charge is 2.03. The van der Waals surface area contributed by atoms with Crippen LogP contribution in [0.2, 0.25) is 0 Å². The zero-order valence-corrected chi connectivity index (χ0v) is 11.9. The van der Waals surface area contributed by atoms with Crippen LogP contribution in [0.5, 0.6) is 0 Å². The average molecular weight is 279 g/mol. The van der Waals surface area contributed by atoms with Crippen LogP contribution in [-0.2, 0) is 0 Å². The summed E-state index contributed by atoms with van der Waals surface area (Å²) in [5.74, 6) is 0. The lowest BCUT2D eigenvalue weighted by Crippen LogP contribution is -2.30. The first-order chi connectivity index (χ1) is 10.2. The molecule has 4 heteroatoms. The van der Waals surface area contributed by atoms with Crippen molar-refractivity contribution in [2.75, 3.05) is 11.9 Å². The Bertz CT molecular complexity index is 643. The number of amides is 2. The van der Waals surface area contributed by atoms with Crippen LogP contribution in [0.3, 0.4) is 0 Å². The molecular formula is C17H17N3O. The van der Waals surface area contributed by atoms with E-state index in [2.05, 4.69) is 23.6 Å². The number of carbonyl (C=O) groups is 1. The molecule has 0 unspecified atom stereocenters. The van der Waals surface area contributed by atoms with E-state index in [1.54, 1.807) is 24.3 Å². The van der Waals surface area contributed by atoms with Crippen LogP contribution in [0.25, 0.3) is 0 Å². The first-order valence-corrected chi connectivity index (χ1v) is 6.75. The van der Waals surface area contributed by atoms with Gasteiger partial charge in [-0.15, -0.1) is 0 Å². The number of urea groups is 1. The van der Waals surface area contributed by atoms with E-state index in [9.17, 15) is 4.79 Å². The van der Waals surface area contributed by atoms with Gasteiger partial charge in [0.05, 0.1) is 11.6 Å². The van der Waals surface area contributed by atoms with Crippen LogP contribution in [0.4, 0.5) is 10.5 Å². The second-order valence-corrected chi connectivity index (χ2v) is 4.83. The first kappa shape index (κ1) is 14.6. The van der Waals surface area contributed by atoms with Gasteiger partial charge in [0.2, 0.25) is 0 Å². The maximum Gasteiger partial charge on any atom is 0.319 e. The summed E-state index contributed by atoms with van der Waals surface area (Å²) in [6.07, 6.45) is 9.04. The van der Waals surface area contributed by atoms with Gasteiger partial charge in [-0.1, -0.05) is 29.9 Å². The second-order valence-electron chi connectivity index (χ2n) is 4.83. The van der Waals surface area contributed by atoms with E-state index in [0.29, 0.717) is 17.8 Å². The fourth-order valence-corrected chi connectivity index (χ4v) is 1.89. The Morgan fingerprint density at radius 3 is 2.81 bits per heavy atom. The Hall–Kier alpha value is -2.80. The number of carbonyl (C=O) groups excluding carboxylic acids is 1. The number of hydrogen-bond acceptors (Lipinski definition) is 2. The highest BCUT2D eigenvalue weighted by molar-refractivity contribution is 5.89. The summed E-state index contributed by atoms with van der Waals surface area (Å²) >= 11 is 0. The molecule has 1 aliphatic carbocycles. The molecule has 0 fully saturated rings. The summed E-state index contributed by atoms with van der Waals surface area (Å²) in [6, 6.07) is 8.53. The zero-order valence-electron chi connectivity index (χ0n) is 11.9. The summed E-state index contributed by atoms with van der Waals surface area (Å²) in [5, 5.41) is 14.3. The number of rotatable bonds is 3. The molecule has 0 bridgehead atoms. The van der Waals surface area contributed by atoms with Crippen LogP contribution in [0.15, 0.2) is 59.7 Å². The summed E-state index contributed by atoms with van der Waals surface area (Å²) in [4.78, 5) is 11.8. The molecule has 0 spiro atoms. The number of anilines is 1. The van der Waals surface area contributed by atoms with Crippen molar-refractivity contribution < 1.29 is 4.79 Å². The number of nitrogens with one attached hydrogen (secondary N) is 2. The number of allylic oxidation sites excluding steroid dienone is 5. The molecule has 1 aliphatic rings. The molecule has 106 valence electrons. The third kappa shape index (κ3) is 4.66. The molecule has 0 saturated heterocycles. The van der Waals surface area contributed by atoms with Crippen LogP contribution < -0.4 is 10.6 Å². The second kappa shape index (κ2) is 7.11. The predicted molar refractivity (Wildman–Crippen MR) is 83.8 cm³/mol. The van der Waals surface area contributed by atoms with E-state index in [1.807, 2.05) is 24.3 Å². The molecule has 1 aromatic carbocycles. The minimum Gasteiger partial charge on any atom is -0.334 e. The minimum atomic E-state index is -0.255. The highest BCUT2D eigenvalue weighted by Crippen LogP contribution is 2.11. The minimum absolute atomic E-state index is 0.255. The normalized spacial score (nSPS) is 13.5. The molecule has 0 aliphatic heterocycles. The lowest BCUT2D eigenvalue weighted by Gasteiger charge is -2.09. The molecule has 0 atom stereocenters. The SMILES string of the molecule is CC1=CCC(CNC(=O)Nc2ccc(C#N)cc2)=CC=C1. The van der Waals surface area contributed by atoms with Gasteiger partial charge in [-0.3, -0.25) is 0 Å². The van der Waals surface area contributed by atoms with Gasteiger partial charge in [0.25, 0.3) is 0 Å². The van der Waals surface area contributed by atoms with Crippen molar-refractivity contribution in [2.45, 2.75) is 13.3 Å². The summed E-state index contributed by atoms with van der Waals surface area (Å²) in [7, 11) is 0. The molecular weight excluding hydrogens is 262 g/mol. The van der Waals surface area contributed by atoms with E-state index in [4.69, 9.17) is 5.26 Å². The Labute approximate surface area is 124 Å². The standard InChI is InChI=1S/C17H17N3O/c1-13-3-2-4-15(6-5-13)12-19-17(21)20-16-9-7-14(11-18)8-10-16/h2-5,7-10H,6,12H2,1H3,(H2,19,20,21). The Balaban J connectivity index is 1.83. The summed E-state index contributed by atoms with van der Waals surface area (Å²) in [5.41, 5.74) is 3.61. The lowest BCUT2D eigenvalue weighted by molar-refractivity contribution is 0.253. The number of hydrogen-bond donors (Lipinski definition) is 2. The van der Waals surface area contributed by atoms with E-state index in [-0.39, 0.29) is 6.03 Å². The molecule has 4 nitrogen and oxygen atoms in total. The van der Waals surface area contributed by atoms with Crippen molar-refractivity contribution in [1.29, 1.82) is 5.26 Å². The average Bonchev–Trinajstić information content (AvgIpc) is 2.70. The van der Waals surface area contributed by atoms with Gasteiger partial charge in [-0.05, 0) is 43.2 Å². The monoisotopic (exact) mass is 279 g/mol. The topological polar surface area (TPSA) is 64.9 Å². The molecule has 21 heavy (non-hydrogen) atoms. The molecule has 0 aromatic heterocycles. The van der Waals surface area contributed by atoms with E-state index < -0.39 is 0 Å². The van der Waals surface area contributed by atoms with Gasteiger partial charge in [-0.25, -0.2) is 4.79 Å². The van der Waals surface area contributed by atoms with Gasteiger partial charge in [-0.2, -0.15) is 5.26 Å². The molecule has 0 saturated carbocycles. The Kier molecular flexibility index (Phi) is 4.94. The Morgan fingerprint density at radius 2 is 2.10 bits per heavy atom. The quantitative estimate of drug-likeness (QED) is 0.889. The van der Waals surface area contributed by atoms with Gasteiger partial charge in [0.15, 0.2) is 0 Å². The van der Waals surface area contributed by atoms with E-state index in [1.165, 1.54) is 5.57 Å². The van der Waals surface area contributed by atoms with E-state index >= 15 is 0 Å². The molecule has 2 N–H and O–H groups in total. The highest BCUT2D eigenvalue weighted by atomic mass is 16.2. The van der Waals surface area contributed by atoms with Crippen LogP contribution in [0.1, 0.15) is 18.9 Å². The summed E-state index contributed by atoms with van der Waals surface area (Å²) in [6.45, 7) is 2.56. The van der Waals surface area contributed by atoms with Crippen molar-refractivity contribution in [1.82, 2.24) is 5.32 Å². The van der Waals surface area contributed by atoms with Crippen LogP contribution >= 0.6 is 0 Å². The molecule has 2 amide bonds. The third-order valence-corrected chi connectivity index (χ3v) is 3.13. The first-order valence-electron chi connectivity index (χ1n) is 6.75. The van der Waals surface area contributed by atoms with Crippen molar-refractivity contribution in [3.05, 3.63) is 65.3 Å². The van der Waals surface area contributed by atoms with Crippen LogP contribution in [0, 0.1) is 11.3 Å². The van der Waals surface area contributed by atoms with Gasteiger partial charge in [0.1, 0.15) is 0 Å². The third-order valence-electron chi connectivity index (χ3n) is 3.13. The smallest absolute Gasteiger partial charge is 0.319 e. The molecule has 0 heterocycles. The summed E-state index contributed by atoms with van der Waals surface area (Å²) < 4.78 is 0. The zero-order chi connectivity index (χ0) is 15.1. The molecule has 0 radical (unpaired) electrons. The fourth-order valence-electron chi connectivity index (χ4n) is 1.89. The van der Waals surface area contributed by atoms with Gasteiger partial charge >= 0.3 is 6.03 Å². The largest absolute Gasteiger partial charge is 0.334 e. The maximum absolute atomic E-state index is 11.8. The lowest BCUT2D eigenvalue weighted by atomic mass is 10.1. The maximum atomic E-state index is 11.8. The van der Waals surface area contributed by atoms with Crippen molar-refractivity contribution in [3.8, 4) is 6.07 Å². The Morgan fingerprint density at radius 1 is 1.33 bits per heavy atom. The van der Waals surface area contributed by atoms with Gasteiger partial charge in [0, 0.05) is 12.2 Å². The number of benzene rings is 1. The van der Waals surface area contributed by atoms with Crippen molar-refractivity contribution in [3.63, 3.8) is 0 Å². The predicted octanol–water partition coefficient (Wildman–Crippen LogP) is 3.51. The fraction of sp³-hybridized carbons (Fsp3) is 0.176. The number of nitrogens with zero attached hydrogens (tertiary/aromatic N) is 1. The molecule has 1 aromatic rings. The van der Waals surface area contributed by atoms with Crippen molar-refractivity contribution in [2.24, 2.45) is 0 Å². The van der Waals surface area contributed by atoms with Crippen LogP contribution in [-0.4, -0.2) is 12.6 Å². The van der Waals surface area contributed by atoms with Gasteiger partial charge < -0.3 is 10.6 Å². The van der Waals surface area contributed by atoms with Crippen molar-refractivity contribution >= 4 is 11.7 Å². The van der Waals surface area contributed by atoms with E-state index in [0.717, 1.165) is 12.0 Å².